The number of hydrogen-bond acceptors (Lipinski definition) is 4. The molecule has 4 aromatic rings. The van der Waals surface area contributed by atoms with E-state index in [1.807, 2.05) is 80.6 Å². The summed E-state index contributed by atoms with van der Waals surface area (Å²) < 4.78 is 29.1. The monoisotopic (exact) mass is 583 g/mol. The van der Waals surface area contributed by atoms with Gasteiger partial charge in [0.2, 0.25) is 11.8 Å². The minimum Gasteiger partial charge on any atom is -0.354 e. The molecule has 8 heteroatoms. The van der Waals surface area contributed by atoms with E-state index in [9.17, 15) is 18.0 Å². The van der Waals surface area contributed by atoms with Gasteiger partial charge < -0.3 is 10.2 Å². The molecule has 4 aromatic carbocycles. The molecule has 0 spiro atoms. The lowest BCUT2D eigenvalue weighted by Crippen LogP contribution is -2.53. The molecule has 1 atom stereocenters. The first-order valence-electron chi connectivity index (χ1n) is 14.1. The van der Waals surface area contributed by atoms with Gasteiger partial charge in [-0.3, -0.25) is 13.9 Å². The number of aryl methyl sites for hydroxylation is 1. The van der Waals surface area contributed by atoms with Crippen LogP contribution in [0.4, 0.5) is 5.69 Å². The fraction of sp³-hybridized carbons (Fsp3) is 0.235. The Morgan fingerprint density at radius 3 is 1.98 bits per heavy atom. The van der Waals surface area contributed by atoms with Crippen LogP contribution in [-0.2, 0) is 32.6 Å². The van der Waals surface area contributed by atoms with Gasteiger partial charge in [0.15, 0.2) is 0 Å². The third kappa shape index (κ3) is 7.85. The molecule has 0 bridgehead atoms. The van der Waals surface area contributed by atoms with Crippen molar-refractivity contribution in [2.75, 3.05) is 17.4 Å². The molecule has 1 N–H and O–H groups in total. The second kappa shape index (κ2) is 14.5. The van der Waals surface area contributed by atoms with E-state index >= 15 is 0 Å². The van der Waals surface area contributed by atoms with Crippen LogP contribution in [0.25, 0.3) is 0 Å². The summed E-state index contributed by atoms with van der Waals surface area (Å²) in [6.45, 7) is 3.97. The van der Waals surface area contributed by atoms with Crippen LogP contribution in [-0.4, -0.2) is 44.3 Å². The molecule has 0 radical (unpaired) electrons. The zero-order valence-corrected chi connectivity index (χ0v) is 24.8. The Labute approximate surface area is 248 Å². The van der Waals surface area contributed by atoms with Gasteiger partial charge in [-0.2, -0.15) is 0 Å². The maximum atomic E-state index is 14.3. The molecule has 0 saturated carbocycles. The fourth-order valence-electron chi connectivity index (χ4n) is 4.73. The number of sulfonamides is 1. The average Bonchev–Trinajstić information content (AvgIpc) is 3.01. The van der Waals surface area contributed by atoms with Crippen LogP contribution in [0.15, 0.2) is 120 Å². The van der Waals surface area contributed by atoms with Crippen molar-refractivity contribution < 1.29 is 18.0 Å². The predicted molar refractivity (Wildman–Crippen MR) is 166 cm³/mol. The Bertz CT molecular complexity index is 1560. The molecule has 0 heterocycles. The van der Waals surface area contributed by atoms with Gasteiger partial charge in [-0.25, -0.2) is 8.42 Å². The Morgan fingerprint density at radius 2 is 1.38 bits per heavy atom. The second-order valence-corrected chi connectivity index (χ2v) is 12.0. The summed E-state index contributed by atoms with van der Waals surface area (Å²) >= 11 is 0. The lowest BCUT2D eigenvalue weighted by molar-refractivity contribution is -0.140. The number of carbonyl (C=O) groups is 2. The van der Waals surface area contributed by atoms with Crippen molar-refractivity contribution in [1.82, 2.24) is 10.2 Å². The first-order chi connectivity index (χ1) is 20.3. The highest BCUT2D eigenvalue weighted by Gasteiger charge is 2.34. The SMILES string of the molecule is CCCNC(=O)[C@@H](Cc1ccccc1)N(Cc1ccccc1)C(=O)CN(c1cccc(C)c1)S(=O)(=O)c1ccccc1. The number of rotatable bonds is 13. The van der Waals surface area contributed by atoms with E-state index in [1.165, 1.54) is 17.0 Å². The van der Waals surface area contributed by atoms with Gasteiger partial charge in [-0.05, 0) is 54.3 Å². The van der Waals surface area contributed by atoms with Gasteiger partial charge in [-0.1, -0.05) is 97.9 Å². The molecule has 0 fully saturated rings. The van der Waals surface area contributed by atoms with Crippen molar-refractivity contribution in [3.63, 3.8) is 0 Å². The summed E-state index contributed by atoms with van der Waals surface area (Å²) in [6, 6.07) is 33.2. The molecule has 0 aliphatic carbocycles. The minimum atomic E-state index is -4.11. The minimum absolute atomic E-state index is 0.0791. The van der Waals surface area contributed by atoms with Gasteiger partial charge in [0.25, 0.3) is 10.0 Å². The van der Waals surface area contributed by atoms with Crippen LogP contribution in [0, 0.1) is 6.92 Å². The standard InChI is InChI=1S/C34H37N3O4S/c1-3-22-35-34(39)32(24-28-15-7-4-8-16-28)36(25-29-17-9-5-10-18-29)33(38)26-37(30-19-13-14-27(2)23-30)42(40,41)31-20-11-6-12-21-31/h4-21,23,32H,3,22,24-26H2,1-2H3,(H,35,39)/t32-/m1/s1. The molecule has 4 rings (SSSR count). The highest BCUT2D eigenvalue weighted by molar-refractivity contribution is 7.92. The summed E-state index contributed by atoms with van der Waals surface area (Å²) in [5.41, 5.74) is 2.96. The first kappa shape index (κ1) is 30.5. The quantitative estimate of drug-likeness (QED) is 0.230. The van der Waals surface area contributed by atoms with E-state index in [2.05, 4.69) is 5.32 Å². The molecular formula is C34H37N3O4S. The number of nitrogens with one attached hydrogen (secondary N) is 1. The molecular weight excluding hydrogens is 546 g/mol. The molecule has 0 saturated heterocycles. The lowest BCUT2D eigenvalue weighted by Gasteiger charge is -2.34. The number of carbonyl (C=O) groups excluding carboxylic acids is 2. The third-order valence-electron chi connectivity index (χ3n) is 6.92. The number of nitrogens with zero attached hydrogens (tertiary/aromatic N) is 2. The second-order valence-electron chi connectivity index (χ2n) is 10.2. The molecule has 0 aliphatic rings. The molecule has 7 nitrogen and oxygen atoms in total. The van der Waals surface area contributed by atoms with Crippen LogP contribution in [0.2, 0.25) is 0 Å². The summed E-state index contributed by atoms with van der Waals surface area (Å²) in [7, 11) is -4.11. The van der Waals surface area contributed by atoms with E-state index in [0.29, 0.717) is 12.2 Å². The van der Waals surface area contributed by atoms with Gasteiger partial charge in [0.1, 0.15) is 12.6 Å². The highest BCUT2D eigenvalue weighted by atomic mass is 32.2. The van der Waals surface area contributed by atoms with Crippen LogP contribution < -0.4 is 9.62 Å². The van der Waals surface area contributed by atoms with E-state index in [1.54, 1.807) is 36.4 Å². The average molecular weight is 584 g/mol. The zero-order chi connectivity index (χ0) is 30.0. The molecule has 0 aliphatic heterocycles. The van der Waals surface area contributed by atoms with Gasteiger partial charge >= 0.3 is 0 Å². The predicted octanol–water partition coefficient (Wildman–Crippen LogP) is 5.36. The number of hydrogen-bond donors (Lipinski definition) is 1. The fourth-order valence-corrected chi connectivity index (χ4v) is 6.16. The largest absolute Gasteiger partial charge is 0.354 e. The molecule has 218 valence electrons. The van der Waals surface area contributed by atoms with Gasteiger partial charge in [0, 0.05) is 19.5 Å². The molecule has 42 heavy (non-hydrogen) atoms. The smallest absolute Gasteiger partial charge is 0.264 e. The summed E-state index contributed by atoms with van der Waals surface area (Å²) in [4.78, 5) is 29.6. The third-order valence-corrected chi connectivity index (χ3v) is 8.70. The normalized spacial score (nSPS) is 11.9. The summed E-state index contributed by atoms with van der Waals surface area (Å²) in [6.07, 6.45) is 1.03. The number of benzene rings is 4. The topological polar surface area (TPSA) is 86.8 Å². The van der Waals surface area contributed by atoms with E-state index in [4.69, 9.17) is 0 Å². The van der Waals surface area contributed by atoms with Gasteiger partial charge in [-0.15, -0.1) is 0 Å². The first-order valence-corrected chi connectivity index (χ1v) is 15.5. The molecule has 0 unspecified atom stereocenters. The Hall–Kier alpha value is -4.43. The van der Waals surface area contributed by atoms with Crippen LogP contribution in [0.3, 0.4) is 0 Å². The number of amides is 2. The summed E-state index contributed by atoms with van der Waals surface area (Å²) in [5, 5.41) is 2.96. The van der Waals surface area contributed by atoms with E-state index in [0.717, 1.165) is 27.4 Å². The zero-order valence-electron chi connectivity index (χ0n) is 24.0. The molecule has 2 amide bonds. The Kier molecular flexibility index (Phi) is 10.5. The van der Waals surface area contributed by atoms with Crippen LogP contribution >= 0.6 is 0 Å². The van der Waals surface area contributed by atoms with E-state index < -0.39 is 28.5 Å². The Morgan fingerprint density at radius 1 is 0.786 bits per heavy atom. The van der Waals surface area contributed by atoms with Crippen molar-refractivity contribution in [2.45, 2.75) is 44.2 Å². The van der Waals surface area contributed by atoms with Crippen molar-refractivity contribution in [2.24, 2.45) is 0 Å². The van der Waals surface area contributed by atoms with Crippen LogP contribution in [0.1, 0.15) is 30.0 Å². The maximum Gasteiger partial charge on any atom is 0.264 e. The Balaban J connectivity index is 1.77. The summed E-state index contributed by atoms with van der Waals surface area (Å²) in [5.74, 6) is -0.759. The van der Waals surface area contributed by atoms with Crippen LogP contribution in [0.5, 0.6) is 0 Å². The van der Waals surface area contributed by atoms with Crippen molar-refractivity contribution in [3.05, 3.63) is 132 Å². The van der Waals surface area contributed by atoms with Crippen molar-refractivity contribution in [3.8, 4) is 0 Å². The highest BCUT2D eigenvalue weighted by Crippen LogP contribution is 2.25. The van der Waals surface area contributed by atoms with Crippen molar-refractivity contribution in [1.29, 1.82) is 0 Å². The maximum absolute atomic E-state index is 14.3. The van der Waals surface area contributed by atoms with Gasteiger partial charge in [0.05, 0.1) is 10.6 Å². The lowest BCUT2D eigenvalue weighted by atomic mass is 10.0. The van der Waals surface area contributed by atoms with Crippen molar-refractivity contribution >= 4 is 27.5 Å². The van der Waals surface area contributed by atoms with E-state index in [-0.39, 0.29) is 23.8 Å². The number of anilines is 1. The molecule has 0 aromatic heterocycles.